The lowest BCUT2D eigenvalue weighted by Gasteiger charge is -2.53. The van der Waals surface area contributed by atoms with Crippen LogP contribution in [0.4, 0.5) is 4.39 Å². The molecule has 1 aromatic heterocycles. The number of halogens is 2. The first-order chi connectivity index (χ1) is 18.6. The summed E-state index contributed by atoms with van der Waals surface area (Å²) >= 11 is 5.83. The van der Waals surface area contributed by atoms with Gasteiger partial charge in [0.05, 0.1) is 16.5 Å². The van der Waals surface area contributed by atoms with Gasteiger partial charge in [0.1, 0.15) is 18.0 Å². The molecule has 0 radical (unpaired) electrons. The molecule has 2 amide bonds. The summed E-state index contributed by atoms with van der Waals surface area (Å²) in [5.41, 5.74) is -1.10. The van der Waals surface area contributed by atoms with Gasteiger partial charge in [-0.05, 0) is 24.5 Å². The number of aromatic nitrogens is 1. The van der Waals surface area contributed by atoms with Gasteiger partial charge in [0, 0.05) is 31.9 Å². The average Bonchev–Trinajstić information content (AvgIpc) is 2.89. The summed E-state index contributed by atoms with van der Waals surface area (Å²) in [6, 6.07) is 13.4. The predicted octanol–water partition coefficient (Wildman–Crippen LogP) is 3.43. The first kappa shape index (κ1) is 26.4. The fourth-order valence-corrected chi connectivity index (χ4v) is 5.47. The van der Waals surface area contributed by atoms with Gasteiger partial charge in [-0.2, -0.15) is 0 Å². The molecule has 11 heteroatoms. The second-order valence-electron chi connectivity index (χ2n) is 9.92. The average molecular weight is 554 g/mol. The van der Waals surface area contributed by atoms with Crippen molar-refractivity contribution < 1.29 is 28.6 Å². The second kappa shape index (κ2) is 10.2. The van der Waals surface area contributed by atoms with Gasteiger partial charge in [-0.25, -0.2) is 4.39 Å². The van der Waals surface area contributed by atoms with E-state index in [2.05, 4.69) is 5.32 Å². The van der Waals surface area contributed by atoms with Crippen molar-refractivity contribution in [3.63, 3.8) is 0 Å². The summed E-state index contributed by atoms with van der Waals surface area (Å²) in [6.07, 6.45) is 1.71. The number of ether oxygens (including phenoxy) is 1. The molecule has 39 heavy (non-hydrogen) atoms. The summed E-state index contributed by atoms with van der Waals surface area (Å²) in [6.45, 7) is -0.0669. The quantitative estimate of drug-likeness (QED) is 0.463. The van der Waals surface area contributed by atoms with E-state index in [0.29, 0.717) is 0 Å². The van der Waals surface area contributed by atoms with Crippen LogP contribution < -0.4 is 15.5 Å². The Morgan fingerprint density at radius 2 is 1.87 bits per heavy atom. The van der Waals surface area contributed by atoms with Crippen LogP contribution in [0.2, 0.25) is 5.02 Å². The summed E-state index contributed by atoms with van der Waals surface area (Å²) in [5, 5.41) is 12.0. The number of carbonyl (C=O) groups excluding carboxylic acids is 2. The zero-order chi connectivity index (χ0) is 27.9. The van der Waals surface area contributed by atoms with Crippen LogP contribution in [0.25, 0.3) is 0 Å². The van der Waals surface area contributed by atoms with Crippen molar-refractivity contribution in [2.24, 2.45) is 5.92 Å². The molecular formula is C28H25ClFN3O6. The van der Waals surface area contributed by atoms with Crippen molar-refractivity contribution in [3.05, 3.63) is 98.2 Å². The molecule has 2 aromatic carbocycles. The largest absolute Gasteiger partial charge is 0.483 e. The van der Waals surface area contributed by atoms with Crippen molar-refractivity contribution in [1.29, 1.82) is 0 Å². The predicted molar refractivity (Wildman–Crippen MR) is 139 cm³/mol. The molecule has 1 aliphatic carbocycles. The van der Waals surface area contributed by atoms with E-state index in [1.54, 1.807) is 31.3 Å². The lowest BCUT2D eigenvalue weighted by molar-refractivity contribution is -0.150. The zero-order valence-corrected chi connectivity index (χ0v) is 21.7. The SMILES string of the molecule is CN1CC2(CC(C(=O)O)C2)n2cc(C(=O)NCc3cccc(Cl)c3F)c(=O)c(OCc3ccccc3)c2C1=O. The van der Waals surface area contributed by atoms with Gasteiger partial charge < -0.3 is 24.6 Å². The Bertz CT molecular complexity index is 1530. The third-order valence-corrected chi connectivity index (χ3v) is 7.59. The number of carboxylic acid groups (broad SMARTS) is 1. The maximum Gasteiger partial charge on any atom is 0.306 e. The van der Waals surface area contributed by atoms with E-state index in [0.717, 1.165) is 5.56 Å². The number of hydrogen-bond acceptors (Lipinski definition) is 5. The molecule has 5 rings (SSSR count). The van der Waals surface area contributed by atoms with Crippen LogP contribution in [-0.2, 0) is 23.5 Å². The Labute approximate surface area is 227 Å². The molecule has 2 N–H and O–H groups in total. The van der Waals surface area contributed by atoms with Crippen LogP contribution in [0, 0.1) is 11.7 Å². The van der Waals surface area contributed by atoms with Crippen molar-refractivity contribution in [2.75, 3.05) is 13.6 Å². The molecule has 1 spiro atoms. The highest BCUT2D eigenvalue weighted by atomic mass is 35.5. The van der Waals surface area contributed by atoms with Crippen molar-refractivity contribution in [2.45, 2.75) is 31.5 Å². The maximum atomic E-state index is 14.4. The normalized spacial score (nSPS) is 19.8. The highest BCUT2D eigenvalue weighted by molar-refractivity contribution is 6.30. The standard InChI is InChI=1S/C28H25ClFN3O6/c1-32-15-28(10-18(11-28)27(37)38)33-13-19(25(35)31-12-17-8-5-9-20(29)21(17)30)23(34)24(22(33)26(32)36)39-14-16-6-3-2-4-7-16/h2-9,13,18H,10-12,14-15H2,1H3,(H,31,35)(H,37,38). The van der Waals surface area contributed by atoms with Crippen molar-refractivity contribution >= 4 is 29.4 Å². The summed E-state index contributed by atoms with van der Waals surface area (Å²) in [5.74, 6) is -3.84. The first-order valence-electron chi connectivity index (χ1n) is 12.3. The van der Waals surface area contributed by atoms with E-state index in [4.69, 9.17) is 16.3 Å². The second-order valence-corrected chi connectivity index (χ2v) is 10.3. The van der Waals surface area contributed by atoms with Gasteiger partial charge >= 0.3 is 5.97 Å². The van der Waals surface area contributed by atoms with Gasteiger partial charge in [0.15, 0.2) is 11.4 Å². The summed E-state index contributed by atoms with van der Waals surface area (Å²) in [7, 11) is 1.58. The minimum Gasteiger partial charge on any atom is -0.483 e. The molecule has 0 atom stereocenters. The van der Waals surface area contributed by atoms with Crippen LogP contribution in [0.1, 0.15) is 44.8 Å². The van der Waals surface area contributed by atoms with E-state index in [1.807, 2.05) is 6.07 Å². The minimum atomic E-state index is -0.954. The summed E-state index contributed by atoms with van der Waals surface area (Å²) < 4.78 is 21.8. The maximum absolute atomic E-state index is 14.4. The fraction of sp³-hybridized carbons (Fsp3) is 0.286. The smallest absolute Gasteiger partial charge is 0.306 e. The van der Waals surface area contributed by atoms with Gasteiger partial charge in [0.25, 0.3) is 11.8 Å². The molecule has 0 bridgehead atoms. The van der Waals surface area contributed by atoms with Crippen LogP contribution >= 0.6 is 11.6 Å². The van der Waals surface area contributed by atoms with Crippen molar-refractivity contribution in [1.82, 2.24) is 14.8 Å². The Balaban J connectivity index is 1.57. The number of likely N-dealkylation sites (N-methyl/N-ethyl adjacent to an activating group) is 1. The van der Waals surface area contributed by atoms with Gasteiger partial charge in [-0.15, -0.1) is 0 Å². The lowest BCUT2D eigenvalue weighted by atomic mass is 9.66. The number of benzene rings is 2. The summed E-state index contributed by atoms with van der Waals surface area (Å²) in [4.78, 5) is 53.3. The Morgan fingerprint density at radius 1 is 1.15 bits per heavy atom. The molecule has 2 heterocycles. The molecule has 0 unspecified atom stereocenters. The molecule has 1 saturated carbocycles. The number of carboxylic acids is 1. The van der Waals surface area contributed by atoms with E-state index in [9.17, 15) is 28.7 Å². The molecule has 1 aliphatic heterocycles. The van der Waals surface area contributed by atoms with E-state index in [1.165, 1.54) is 33.9 Å². The van der Waals surface area contributed by atoms with Crippen LogP contribution in [0.5, 0.6) is 5.75 Å². The van der Waals surface area contributed by atoms with Crippen LogP contribution in [0.3, 0.4) is 0 Å². The lowest BCUT2D eigenvalue weighted by Crippen LogP contribution is -2.60. The van der Waals surface area contributed by atoms with Crippen LogP contribution in [-0.4, -0.2) is 45.9 Å². The highest BCUT2D eigenvalue weighted by Crippen LogP contribution is 2.48. The van der Waals surface area contributed by atoms with Gasteiger partial charge in [0.2, 0.25) is 5.43 Å². The topological polar surface area (TPSA) is 118 Å². The molecule has 202 valence electrons. The third-order valence-electron chi connectivity index (χ3n) is 7.30. The van der Waals surface area contributed by atoms with E-state index < -0.39 is 40.5 Å². The van der Waals surface area contributed by atoms with Crippen molar-refractivity contribution in [3.8, 4) is 5.75 Å². The number of carbonyl (C=O) groups is 3. The number of hydrogen-bond donors (Lipinski definition) is 2. The minimum absolute atomic E-state index is 0.0362. The van der Waals surface area contributed by atoms with Gasteiger partial charge in [-0.3, -0.25) is 19.2 Å². The monoisotopic (exact) mass is 553 g/mol. The molecule has 3 aromatic rings. The number of aliphatic carboxylic acids is 1. The molecule has 1 fully saturated rings. The molecular weight excluding hydrogens is 529 g/mol. The van der Waals surface area contributed by atoms with Crippen LogP contribution in [0.15, 0.2) is 59.5 Å². The first-order valence-corrected chi connectivity index (χ1v) is 12.7. The molecule has 9 nitrogen and oxygen atoms in total. The number of nitrogens with one attached hydrogen (secondary N) is 1. The molecule has 2 aliphatic rings. The van der Waals surface area contributed by atoms with E-state index in [-0.39, 0.29) is 60.1 Å². The Hall–Kier alpha value is -4.18. The number of amides is 2. The Kier molecular flexibility index (Phi) is 6.90. The molecule has 0 saturated heterocycles. The van der Waals surface area contributed by atoms with E-state index >= 15 is 0 Å². The number of fused-ring (bicyclic) bond motifs is 2. The number of pyridine rings is 1. The number of rotatable bonds is 7. The Morgan fingerprint density at radius 3 is 2.56 bits per heavy atom. The van der Waals surface area contributed by atoms with Gasteiger partial charge in [-0.1, -0.05) is 54.1 Å². The highest BCUT2D eigenvalue weighted by Gasteiger charge is 2.54. The fourth-order valence-electron chi connectivity index (χ4n) is 5.28. The number of nitrogens with zero attached hydrogens (tertiary/aromatic N) is 2. The zero-order valence-electron chi connectivity index (χ0n) is 20.9. The third kappa shape index (κ3) is 4.76.